The number of amides is 1. The van der Waals surface area contributed by atoms with E-state index in [1.54, 1.807) is 42.5 Å². The summed E-state index contributed by atoms with van der Waals surface area (Å²) in [6.45, 7) is 3.97. The first-order chi connectivity index (χ1) is 15.2. The first kappa shape index (κ1) is 22.2. The summed E-state index contributed by atoms with van der Waals surface area (Å²) in [7, 11) is 0. The third-order valence-electron chi connectivity index (χ3n) is 5.93. The number of carbonyl (C=O) groups is 2. The highest BCUT2D eigenvalue weighted by Gasteiger charge is 2.51. The molecule has 32 heavy (non-hydrogen) atoms. The third kappa shape index (κ3) is 3.83. The maximum absolute atomic E-state index is 14.4. The van der Waals surface area contributed by atoms with E-state index in [0.29, 0.717) is 22.7 Å². The Bertz CT molecular complexity index is 1170. The fourth-order valence-corrected chi connectivity index (χ4v) is 4.29. The van der Waals surface area contributed by atoms with E-state index in [9.17, 15) is 19.1 Å². The number of para-hydroxylation sites is 1. The number of halogens is 2. The molecule has 4 nitrogen and oxygen atoms in total. The number of anilines is 1. The molecule has 4 rings (SSSR count). The predicted molar refractivity (Wildman–Crippen MR) is 122 cm³/mol. The topological polar surface area (TPSA) is 57.6 Å². The van der Waals surface area contributed by atoms with Gasteiger partial charge < -0.3 is 10.0 Å². The molecule has 1 heterocycles. The molecular weight excluding hydrogens is 429 g/mol. The van der Waals surface area contributed by atoms with E-state index in [0.717, 1.165) is 5.56 Å². The smallest absolute Gasteiger partial charge is 0.264 e. The highest BCUT2D eigenvalue weighted by Crippen LogP contribution is 2.44. The lowest BCUT2D eigenvalue weighted by molar-refractivity contribution is -0.136. The first-order valence-corrected chi connectivity index (χ1v) is 10.8. The second-order valence-corrected chi connectivity index (χ2v) is 8.75. The van der Waals surface area contributed by atoms with Crippen LogP contribution in [0.3, 0.4) is 0 Å². The highest BCUT2D eigenvalue weighted by atomic mass is 35.5. The largest absolute Gasteiger partial charge is 0.375 e. The Morgan fingerprint density at radius 2 is 1.75 bits per heavy atom. The molecule has 0 radical (unpaired) electrons. The average molecular weight is 452 g/mol. The van der Waals surface area contributed by atoms with Gasteiger partial charge in [0.1, 0.15) is 5.82 Å². The minimum absolute atomic E-state index is 0.150. The van der Waals surface area contributed by atoms with Crippen molar-refractivity contribution in [3.05, 3.63) is 99.8 Å². The van der Waals surface area contributed by atoms with Crippen molar-refractivity contribution >= 4 is 29.0 Å². The van der Waals surface area contributed by atoms with Crippen LogP contribution in [-0.4, -0.2) is 16.8 Å². The maximum atomic E-state index is 14.4. The number of nitrogens with zero attached hydrogens (tertiary/aromatic N) is 1. The van der Waals surface area contributed by atoms with E-state index in [2.05, 4.69) is 13.8 Å². The molecule has 0 unspecified atom stereocenters. The second kappa shape index (κ2) is 8.49. The van der Waals surface area contributed by atoms with Gasteiger partial charge in [0.2, 0.25) is 0 Å². The van der Waals surface area contributed by atoms with Gasteiger partial charge >= 0.3 is 0 Å². The lowest BCUT2D eigenvalue weighted by Gasteiger charge is -2.23. The molecule has 1 aliphatic rings. The van der Waals surface area contributed by atoms with Crippen molar-refractivity contribution in [2.75, 3.05) is 4.90 Å². The first-order valence-electron chi connectivity index (χ1n) is 10.4. The fraction of sp³-hybridized carbons (Fsp3) is 0.231. The average Bonchev–Trinajstić information content (AvgIpc) is 2.98. The van der Waals surface area contributed by atoms with Gasteiger partial charge in [0.15, 0.2) is 11.4 Å². The van der Waals surface area contributed by atoms with Crippen LogP contribution in [0, 0.1) is 5.82 Å². The Balaban J connectivity index is 1.66. The van der Waals surface area contributed by atoms with Crippen molar-refractivity contribution in [3.63, 3.8) is 0 Å². The molecule has 6 heteroatoms. The zero-order chi connectivity index (χ0) is 23.0. The van der Waals surface area contributed by atoms with E-state index in [4.69, 9.17) is 11.6 Å². The highest BCUT2D eigenvalue weighted by molar-refractivity contribution is 6.31. The Hall–Kier alpha value is -3.02. The molecule has 1 amide bonds. The zero-order valence-corrected chi connectivity index (χ0v) is 18.6. The number of carbonyl (C=O) groups excluding carboxylic acids is 2. The fourth-order valence-electron chi connectivity index (χ4n) is 4.06. The molecular formula is C26H23ClFNO3. The van der Waals surface area contributed by atoms with E-state index < -0.39 is 23.7 Å². The Morgan fingerprint density at radius 3 is 2.41 bits per heavy atom. The lowest BCUT2D eigenvalue weighted by atomic mass is 9.87. The minimum Gasteiger partial charge on any atom is -0.375 e. The third-order valence-corrected chi connectivity index (χ3v) is 6.29. The van der Waals surface area contributed by atoms with Gasteiger partial charge in [-0.05, 0) is 29.7 Å². The van der Waals surface area contributed by atoms with Gasteiger partial charge in [-0.3, -0.25) is 9.59 Å². The molecule has 3 aromatic rings. The second-order valence-electron chi connectivity index (χ2n) is 8.35. The standard InChI is InChI=1S/C26H23ClFNO3/c1-16(2)17-10-12-18(13-11-17)24(30)14-26(32)20-6-3-4-9-23(20)29(25(26)31)15-19-21(27)7-5-8-22(19)28/h3-13,16,32H,14-15H2,1-2H3/t26-/m1/s1. The Kier molecular flexibility index (Phi) is 5.89. The van der Waals surface area contributed by atoms with Crippen molar-refractivity contribution in [2.24, 2.45) is 0 Å². The number of rotatable bonds is 6. The van der Waals surface area contributed by atoms with Crippen LogP contribution in [0.15, 0.2) is 66.7 Å². The van der Waals surface area contributed by atoms with E-state index in [1.165, 1.54) is 17.0 Å². The van der Waals surface area contributed by atoms with Crippen LogP contribution in [0.5, 0.6) is 0 Å². The summed E-state index contributed by atoms with van der Waals surface area (Å²) in [4.78, 5) is 27.7. The van der Waals surface area contributed by atoms with Gasteiger partial charge in [-0.1, -0.05) is 74.0 Å². The normalized spacial score (nSPS) is 17.7. The lowest BCUT2D eigenvalue weighted by Crippen LogP contribution is -2.41. The molecule has 0 saturated heterocycles. The van der Waals surface area contributed by atoms with E-state index in [-0.39, 0.29) is 22.9 Å². The molecule has 1 atom stereocenters. The van der Waals surface area contributed by atoms with Crippen LogP contribution >= 0.6 is 11.6 Å². The van der Waals surface area contributed by atoms with Gasteiger partial charge in [-0.15, -0.1) is 0 Å². The number of Topliss-reactive ketones (excluding diaryl/α,β-unsaturated/α-hetero) is 1. The minimum atomic E-state index is -2.04. The Morgan fingerprint density at radius 1 is 1.06 bits per heavy atom. The molecule has 164 valence electrons. The molecule has 1 N–H and O–H groups in total. The monoisotopic (exact) mass is 451 g/mol. The van der Waals surface area contributed by atoms with Crippen molar-refractivity contribution in [1.82, 2.24) is 0 Å². The van der Waals surface area contributed by atoms with Crippen LogP contribution in [0.1, 0.15) is 53.2 Å². The van der Waals surface area contributed by atoms with Gasteiger partial charge in [-0.2, -0.15) is 0 Å². The molecule has 0 aliphatic carbocycles. The maximum Gasteiger partial charge on any atom is 0.264 e. The van der Waals surface area contributed by atoms with Gasteiger partial charge in [0, 0.05) is 21.7 Å². The van der Waals surface area contributed by atoms with Crippen LogP contribution in [0.25, 0.3) is 0 Å². The summed E-state index contributed by atoms with van der Waals surface area (Å²) in [5.41, 5.74) is 0.380. The molecule has 1 aliphatic heterocycles. The summed E-state index contributed by atoms with van der Waals surface area (Å²) >= 11 is 6.16. The summed E-state index contributed by atoms with van der Waals surface area (Å²) < 4.78 is 14.4. The SMILES string of the molecule is CC(C)c1ccc(C(=O)C[C@]2(O)C(=O)N(Cc3c(F)cccc3Cl)c3ccccc32)cc1. The molecule has 0 fully saturated rings. The van der Waals surface area contributed by atoms with Crippen molar-refractivity contribution in [3.8, 4) is 0 Å². The summed E-state index contributed by atoms with van der Waals surface area (Å²) in [5, 5.41) is 11.6. The van der Waals surface area contributed by atoms with Crippen molar-refractivity contribution in [1.29, 1.82) is 0 Å². The molecule has 3 aromatic carbocycles. The van der Waals surface area contributed by atoms with E-state index >= 15 is 0 Å². The Labute approximate surface area is 191 Å². The number of ketones is 1. The van der Waals surface area contributed by atoms with Crippen LogP contribution in [0.4, 0.5) is 10.1 Å². The number of fused-ring (bicyclic) bond motifs is 1. The quantitative estimate of drug-likeness (QED) is 0.495. The van der Waals surface area contributed by atoms with E-state index in [1.807, 2.05) is 12.1 Å². The zero-order valence-electron chi connectivity index (χ0n) is 17.8. The van der Waals surface area contributed by atoms with Gasteiger partial charge in [0.25, 0.3) is 5.91 Å². The van der Waals surface area contributed by atoms with Crippen molar-refractivity contribution in [2.45, 2.75) is 38.3 Å². The van der Waals surface area contributed by atoms with Crippen LogP contribution in [-0.2, 0) is 16.9 Å². The molecule has 0 spiro atoms. The van der Waals surface area contributed by atoms with Crippen LogP contribution in [0.2, 0.25) is 5.02 Å². The summed E-state index contributed by atoms with van der Waals surface area (Å²) in [6, 6.07) is 18.2. The van der Waals surface area contributed by atoms with Gasteiger partial charge in [0.05, 0.1) is 18.7 Å². The van der Waals surface area contributed by atoms with Crippen molar-refractivity contribution < 1.29 is 19.1 Å². The molecule has 0 bridgehead atoms. The number of aliphatic hydroxyl groups is 1. The summed E-state index contributed by atoms with van der Waals surface area (Å²) in [5.74, 6) is -1.24. The predicted octanol–water partition coefficient (Wildman–Crippen LogP) is 5.61. The molecule has 0 aromatic heterocycles. The summed E-state index contributed by atoms with van der Waals surface area (Å²) in [6.07, 6.45) is -0.411. The number of benzene rings is 3. The number of hydrogen-bond donors (Lipinski definition) is 1. The number of hydrogen-bond acceptors (Lipinski definition) is 3. The van der Waals surface area contributed by atoms with Gasteiger partial charge in [-0.25, -0.2) is 4.39 Å². The van der Waals surface area contributed by atoms with Crippen LogP contribution < -0.4 is 4.90 Å². The molecule has 0 saturated carbocycles.